The molecule has 0 radical (unpaired) electrons. The number of hydrogen-bond acceptors (Lipinski definition) is 1. The van der Waals surface area contributed by atoms with Crippen molar-refractivity contribution in [1.29, 1.82) is 0 Å². The van der Waals surface area contributed by atoms with Gasteiger partial charge in [0, 0.05) is 23.6 Å². The number of aromatic nitrogens is 1. The molecule has 1 saturated carbocycles. The van der Waals surface area contributed by atoms with E-state index in [0.717, 1.165) is 18.9 Å². The quantitative estimate of drug-likeness (QED) is 0.833. The van der Waals surface area contributed by atoms with Crippen LogP contribution in [0.4, 0.5) is 0 Å². The van der Waals surface area contributed by atoms with Crippen LogP contribution >= 0.6 is 0 Å². The van der Waals surface area contributed by atoms with E-state index in [-0.39, 0.29) is 0 Å². The fraction of sp³-hybridized carbons (Fsp3) is 0.429. The van der Waals surface area contributed by atoms with Gasteiger partial charge < -0.3 is 10.3 Å². The minimum atomic E-state index is 0.734. The summed E-state index contributed by atoms with van der Waals surface area (Å²) in [5, 5.41) is 1.38. The second kappa shape index (κ2) is 3.95. The summed E-state index contributed by atoms with van der Waals surface area (Å²) in [6.07, 6.45) is 6.09. The molecule has 1 aromatic carbocycles. The summed E-state index contributed by atoms with van der Waals surface area (Å²) in [7, 11) is 0. The Morgan fingerprint density at radius 3 is 2.81 bits per heavy atom. The van der Waals surface area contributed by atoms with Crippen molar-refractivity contribution in [3.05, 3.63) is 36.0 Å². The smallest absolute Gasteiger partial charge is 0.0483 e. The molecule has 0 atom stereocenters. The number of nitrogens with zero attached hydrogens (tertiary/aromatic N) is 1. The van der Waals surface area contributed by atoms with Crippen LogP contribution < -0.4 is 5.73 Å². The first-order valence-corrected chi connectivity index (χ1v) is 6.15. The molecule has 2 heteroatoms. The SMILES string of the molecule is NCCc1cn(CC2CC2)c2ccccc12. The molecule has 1 aliphatic rings. The van der Waals surface area contributed by atoms with E-state index in [4.69, 9.17) is 5.73 Å². The molecular formula is C14H18N2. The molecule has 0 bridgehead atoms. The van der Waals surface area contributed by atoms with Gasteiger partial charge in [-0.2, -0.15) is 0 Å². The standard InChI is InChI=1S/C14H18N2/c15-8-7-12-10-16(9-11-5-6-11)14-4-2-1-3-13(12)14/h1-4,10-11H,5-9,15H2. The highest BCUT2D eigenvalue weighted by Gasteiger charge is 2.22. The highest BCUT2D eigenvalue weighted by molar-refractivity contribution is 5.84. The maximum atomic E-state index is 5.67. The van der Waals surface area contributed by atoms with Crippen LogP contribution in [0.25, 0.3) is 10.9 Å². The predicted molar refractivity (Wildman–Crippen MR) is 67.4 cm³/mol. The van der Waals surface area contributed by atoms with Crippen LogP contribution in [0.2, 0.25) is 0 Å². The van der Waals surface area contributed by atoms with Crippen LogP contribution in [-0.2, 0) is 13.0 Å². The molecule has 0 spiro atoms. The number of rotatable bonds is 4. The van der Waals surface area contributed by atoms with Crippen molar-refractivity contribution in [2.24, 2.45) is 11.7 Å². The molecule has 3 rings (SSSR count). The van der Waals surface area contributed by atoms with E-state index in [1.54, 1.807) is 0 Å². The van der Waals surface area contributed by atoms with Gasteiger partial charge in [0.05, 0.1) is 0 Å². The van der Waals surface area contributed by atoms with Gasteiger partial charge >= 0.3 is 0 Å². The Morgan fingerprint density at radius 1 is 1.25 bits per heavy atom. The zero-order chi connectivity index (χ0) is 11.0. The second-order valence-electron chi connectivity index (χ2n) is 4.81. The predicted octanol–water partition coefficient (Wildman–Crippen LogP) is 2.55. The van der Waals surface area contributed by atoms with Gasteiger partial charge in [-0.05, 0) is 43.4 Å². The summed E-state index contributed by atoms with van der Waals surface area (Å²) in [6.45, 7) is 1.92. The minimum absolute atomic E-state index is 0.734. The monoisotopic (exact) mass is 214 g/mol. The van der Waals surface area contributed by atoms with Gasteiger partial charge in [-0.25, -0.2) is 0 Å². The lowest BCUT2D eigenvalue weighted by Gasteiger charge is -2.02. The maximum absolute atomic E-state index is 5.67. The Morgan fingerprint density at radius 2 is 2.06 bits per heavy atom. The van der Waals surface area contributed by atoms with Gasteiger partial charge in [0.25, 0.3) is 0 Å². The first-order chi connectivity index (χ1) is 7.88. The second-order valence-corrected chi connectivity index (χ2v) is 4.81. The third kappa shape index (κ3) is 1.74. The summed E-state index contributed by atoms with van der Waals surface area (Å²) in [5.41, 5.74) is 8.44. The summed E-state index contributed by atoms with van der Waals surface area (Å²) in [5.74, 6) is 0.918. The molecule has 0 unspecified atom stereocenters. The van der Waals surface area contributed by atoms with Crippen molar-refractivity contribution in [2.75, 3.05) is 6.54 Å². The molecule has 16 heavy (non-hydrogen) atoms. The van der Waals surface area contributed by atoms with E-state index in [1.807, 2.05) is 0 Å². The lowest BCUT2D eigenvalue weighted by atomic mass is 10.1. The van der Waals surface area contributed by atoms with Crippen molar-refractivity contribution >= 4 is 10.9 Å². The summed E-state index contributed by atoms with van der Waals surface area (Å²) >= 11 is 0. The highest BCUT2D eigenvalue weighted by Crippen LogP contribution is 2.32. The van der Waals surface area contributed by atoms with Crippen LogP contribution in [0.5, 0.6) is 0 Å². The third-order valence-electron chi connectivity index (χ3n) is 3.44. The Labute approximate surface area is 96.1 Å². The summed E-state index contributed by atoms with van der Waals surface area (Å²) < 4.78 is 2.41. The molecule has 84 valence electrons. The van der Waals surface area contributed by atoms with E-state index in [1.165, 1.54) is 35.9 Å². The van der Waals surface area contributed by atoms with Crippen molar-refractivity contribution in [2.45, 2.75) is 25.8 Å². The first kappa shape index (κ1) is 9.91. The highest BCUT2D eigenvalue weighted by atomic mass is 15.0. The first-order valence-electron chi connectivity index (χ1n) is 6.15. The fourth-order valence-corrected chi connectivity index (χ4v) is 2.41. The topological polar surface area (TPSA) is 30.9 Å². The van der Waals surface area contributed by atoms with E-state index in [9.17, 15) is 0 Å². The third-order valence-corrected chi connectivity index (χ3v) is 3.44. The molecule has 1 heterocycles. The molecule has 0 aliphatic heterocycles. The molecule has 2 N–H and O–H groups in total. The van der Waals surface area contributed by atoms with Crippen molar-refractivity contribution in [3.63, 3.8) is 0 Å². The molecule has 1 aliphatic carbocycles. The normalized spacial score (nSPS) is 15.8. The van der Waals surface area contributed by atoms with E-state index in [0.29, 0.717) is 0 Å². The van der Waals surface area contributed by atoms with E-state index < -0.39 is 0 Å². The van der Waals surface area contributed by atoms with Crippen LogP contribution in [0.1, 0.15) is 18.4 Å². The molecule has 0 amide bonds. The molecule has 2 aromatic rings. The number of fused-ring (bicyclic) bond motifs is 1. The van der Waals surface area contributed by atoms with Crippen LogP contribution in [0.3, 0.4) is 0 Å². The lowest BCUT2D eigenvalue weighted by Crippen LogP contribution is -2.02. The van der Waals surface area contributed by atoms with Crippen molar-refractivity contribution < 1.29 is 0 Å². The summed E-state index contributed by atoms with van der Waals surface area (Å²) in [4.78, 5) is 0. The van der Waals surface area contributed by atoms with Crippen LogP contribution in [-0.4, -0.2) is 11.1 Å². The van der Waals surface area contributed by atoms with Gasteiger partial charge in [-0.15, -0.1) is 0 Å². The van der Waals surface area contributed by atoms with Crippen LogP contribution in [0, 0.1) is 5.92 Å². The van der Waals surface area contributed by atoms with Gasteiger partial charge in [-0.3, -0.25) is 0 Å². The number of para-hydroxylation sites is 1. The number of hydrogen-bond donors (Lipinski definition) is 1. The molecule has 1 fully saturated rings. The molecular weight excluding hydrogens is 196 g/mol. The van der Waals surface area contributed by atoms with Gasteiger partial charge in [0.15, 0.2) is 0 Å². The minimum Gasteiger partial charge on any atom is -0.347 e. The Balaban J connectivity index is 2.05. The molecule has 0 saturated heterocycles. The molecule has 1 aromatic heterocycles. The van der Waals surface area contributed by atoms with Gasteiger partial charge in [-0.1, -0.05) is 18.2 Å². The van der Waals surface area contributed by atoms with Crippen molar-refractivity contribution in [1.82, 2.24) is 4.57 Å². The number of benzene rings is 1. The summed E-state index contributed by atoms with van der Waals surface area (Å²) in [6, 6.07) is 8.67. The van der Waals surface area contributed by atoms with E-state index in [2.05, 4.69) is 35.0 Å². The maximum Gasteiger partial charge on any atom is 0.0483 e. The lowest BCUT2D eigenvalue weighted by molar-refractivity contribution is 0.645. The average Bonchev–Trinajstić information content (AvgIpc) is 3.05. The Hall–Kier alpha value is -1.28. The molecule has 2 nitrogen and oxygen atoms in total. The largest absolute Gasteiger partial charge is 0.347 e. The average molecular weight is 214 g/mol. The Bertz CT molecular complexity index is 494. The number of nitrogens with two attached hydrogens (primary N) is 1. The Kier molecular flexibility index (Phi) is 2.44. The van der Waals surface area contributed by atoms with E-state index >= 15 is 0 Å². The van der Waals surface area contributed by atoms with Crippen molar-refractivity contribution in [3.8, 4) is 0 Å². The van der Waals surface area contributed by atoms with Crippen LogP contribution in [0.15, 0.2) is 30.5 Å². The zero-order valence-corrected chi connectivity index (χ0v) is 9.52. The zero-order valence-electron chi connectivity index (χ0n) is 9.52. The van der Waals surface area contributed by atoms with Gasteiger partial charge in [0.2, 0.25) is 0 Å². The van der Waals surface area contributed by atoms with Gasteiger partial charge in [0.1, 0.15) is 0 Å². The fourth-order valence-electron chi connectivity index (χ4n) is 2.41.